The topological polar surface area (TPSA) is 75.9 Å². The number of nitrogens with two attached hydrogens (primary N) is 1. The molecule has 2 bridgehead atoms. The molecule has 2 aromatic rings. The van der Waals surface area contributed by atoms with Gasteiger partial charge in [0.05, 0.1) is 0 Å². The Morgan fingerprint density at radius 3 is 2.44 bits per heavy atom. The van der Waals surface area contributed by atoms with Gasteiger partial charge in [-0.05, 0) is 54.9 Å². The highest BCUT2D eigenvalue weighted by atomic mass is 16.5. The minimum atomic E-state index is -0.369. The number of carbonyl (C=O) groups excluding carboxylic acids is 2. The minimum absolute atomic E-state index is 0.0295. The van der Waals surface area contributed by atoms with E-state index in [1.165, 1.54) is 18.4 Å². The number of ether oxygens (including phenoxy) is 1. The molecule has 3 atom stereocenters. The van der Waals surface area contributed by atoms with E-state index in [1.807, 2.05) is 35.2 Å². The third-order valence-corrected chi connectivity index (χ3v) is 6.99. The quantitative estimate of drug-likeness (QED) is 0.656. The van der Waals surface area contributed by atoms with E-state index in [9.17, 15) is 9.59 Å². The fraction of sp³-hybridized carbons (Fsp3) is 0.462. The monoisotopic (exact) mass is 435 g/mol. The van der Waals surface area contributed by atoms with Crippen LogP contribution in [0.3, 0.4) is 0 Å². The predicted octanol–water partition coefficient (Wildman–Crippen LogP) is 3.17. The normalized spacial score (nSPS) is 22.6. The molecule has 2 amide bonds. The van der Waals surface area contributed by atoms with Gasteiger partial charge in [-0.1, -0.05) is 42.5 Å². The van der Waals surface area contributed by atoms with Gasteiger partial charge in [-0.15, -0.1) is 0 Å². The molecule has 1 unspecified atom stereocenters. The maximum atomic E-state index is 12.7. The number of benzene rings is 2. The molecule has 2 fully saturated rings. The van der Waals surface area contributed by atoms with Gasteiger partial charge in [0, 0.05) is 44.4 Å². The lowest BCUT2D eigenvalue weighted by Crippen LogP contribution is -2.47. The summed E-state index contributed by atoms with van der Waals surface area (Å²) in [6, 6.07) is 19.0. The lowest BCUT2D eigenvalue weighted by Gasteiger charge is -2.40. The number of fused-ring (bicyclic) bond motifs is 2. The Morgan fingerprint density at radius 1 is 1.06 bits per heavy atom. The minimum Gasteiger partial charge on any atom is -0.375 e. The molecule has 0 spiro atoms. The zero-order valence-corrected chi connectivity index (χ0v) is 18.8. The Bertz CT molecular complexity index is 919. The highest BCUT2D eigenvalue weighted by molar-refractivity contribution is 5.92. The summed E-state index contributed by atoms with van der Waals surface area (Å²) < 4.78 is 5.12. The average Bonchev–Trinajstić information content (AvgIpc) is 3.04. The standard InChI is InChI=1S/C26H33N3O3/c1-32-18-25(30)28(17-19-6-3-2-4-7-19)12-13-29-23-10-11-24(29)16-22(15-23)20-8-5-9-21(14-20)26(27)31/h2-9,14,22-24H,10-13,15-18H2,1H3,(H2,27,31)/t22?,23-,24+. The molecule has 2 N–H and O–H groups in total. The summed E-state index contributed by atoms with van der Waals surface area (Å²) in [7, 11) is 1.57. The van der Waals surface area contributed by atoms with Gasteiger partial charge in [-0.25, -0.2) is 0 Å². The van der Waals surface area contributed by atoms with E-state index in [-0.39, 0.29) is 18.4 Å². The van der Waals surface area contributed by atoms with Crippen LogP contribution in [0.5, 0.6) is 0 Å². The van der Waals surface area contributed by atoms with Gasteiger partial charge in [-0.2, -0.15) is 0 Å². The number of hydrogen-bond donors (Lipinski definition) is 1. The van der Waals surface area contributed by atoms with Crippen LogP contribution in [0.1, 0.15) is 53.1 Å². The smallest absolute Gasteiger partial charge is 0.248 e. The summed E-state index contributed by atoms with van der Waals surface area (Å²) in [6.45, 7) is 2.30. The molecular weight excluding hydrogens is 402 g/mol. The van der Waals surface area contributed by atoms with E-state index >= 15 is 0 Å². The van der Waals surface area contributed by atoms with Crippen molar-refractivity contribution in [2.45, 2.75) is 50.2 Å². The number of rotatable bonds is 9. The molecule has 2 aliphatic heterocycles. The van der Waals surface area contributed by atoms with Gasteiger partial charge in [0.1, 0.15) is 6.61 Å². The molecule has 2 saturated heterocycles. The third kappa shape index (κ3) is 5.19. The largest absolute Gasteiger partial charge is 0.375 e. The number of piperidine rings is 1. The van der Waals surface area contributed by atoms with E-state index in [2.05, 4.69) is 23.1 Å². The van der Waals surface area contributed by atoms with Crippen molar-refractivity contribution in [2.75, 3.05) is 26.8 Å². The average molecular weight is 436 g/mol. The molecule has 6 heteroatoms. The Kier molecular flexibility index (Phi) is 7.22. The van der Waals surface area contributed by atoms with Crippen molar-refractivity contribution in [1.29, 1.82) is 0 Å². The number of nitrogens with zero attached hydrogens (tertiary/aromatic N) is 2. The van der Waals surface area contributed by atoms with E-state index in [0.29, 0.717) is 36.7 Å². The number of hydrogen-bond acceptors (Lipinski definition) is 4. The first-order chi connectivity index (χ1) is 15.5. The van der Waals surface area contributed by atoms with Crippen molar-refractivity contribution >= 4 is 11.8 Å². The fourth-order valence-electron chi connectivity index (χ4n) is 5.40. The van der Waals surface area contributed by atoms with Crippen molar-refractivity contribution in [1.82, 2.24) is 9.80 Å². The SMILES string of the molecule is COCC(=O)N(CCN1[C@@H]2CC[C@H]1CC(c1cccc(C(N)=O)c1)C2)Cc1ccccc1. The molecular formula is C26H33N3O3. The molecule has 2 aromatic carbocycles. The van der Waals surface area contributed by atoms with E-state index in [4.69, 9.17) is 10.5 Å². The number of primary amides is 1. The summed E-state index contributed by atoms with van der Waals surface area (Å²) in [4.78, 5) is 28.8. The van der Waals surface area contributed by atoms with E-state index in [0.717, 1.165) is 24.9 Å². The molecule has 6 nitrogen and oxygen atoms in total. The molecule has 0 saturated carbocycles. The van der Waals surface area contributed by atoms with Gasteiger partial charge in [0.25, 0.3) is 0 Å². The highest BCUT2D eigenvalue weighted by Crippen LogP contribution is 2.43. The van der Waals surface area contributed by atoms with Crippen LogP contribution in [0, 0.1) is 0 Å². The summed E-state index contributed by atoms with van der Waals surface area (Å²) in [5.41, 5.74) is 8.42. The first kappa shape index (κ1) is 22.5. The van der Waals surface area contributed by atoms with Crippen molar-refractivity contribution in [3.8, 4) is 0 Å². The maximum absolute atomic E-state index is 12.7. The second-order valence-corrected chi connectivity index (χ2v) is 9.01. The van der Waals surface area contributed by atoms with Gasteiger partial charge in [-0.3, -0.25) is 14.5 Å². The lowest BCUT2D eigenvalue weighted by molar-refractivity contribution is -0.136. The Morgan fingerprint density at radius 2 is 1.78 bits per heavy atom. The zero-order chi connectivity index (χ0) is 22.5. The number of carbonyl (C=O) groups is 2. The van der Waals surface area contributed by atoms with Crippen LogP contribution < -0.4 is 5.73 Å². The van der Waals surface area contributed by atoms with E-state index < -0.39 is 0 Å². The number of amides is 2. The summed E-state index contributed by atoms with van der Waals surface area (Å²) >= 11 is 0. The third-order valence-electron chi connectivity index (χ3n) is 6.99. The summed E-state index contributed by atoms with van der Waals surface area (Å²) in [5, 5.41) is 0. The fourth-order valence-corrected chi connectivity index (χ4v) is 5.40. The van der Waals surface area contributed by atoms with Gasteiger partial charge in [0.2, 0.25) is 11.8 Å². The molecule has 0 radical (unpaired) electrons. The zero-order valence-electron chi connectivity index (χ0n) is 18.8. The summed E-state index contributed by atoms with van der Waals surface area (Å²) in [5.74, 6) is 0.118. The lowest BCUT2D eigenvalue weighted by atomic mass is 9.84. The van der Waals surface area contributed by atoms with Crippen molar-refractivity contribution in [2.24, 2.45) is 5.73 Å². The van der Waals surface area contributed by atoms with Crippen LogP contribution in [0.15, 0.2) is 54.6 Å². The second kappa shape index (κ2) is 10.3. The van der Waals surface area contributed by atoms with Crippen molar-refractivity contribution < 1.29 is 14.3 Å². The summed E-state index contributed by atoms with van der Waals surface area (Å²) in [6.07, 6.45) is 4.57. The molecule has 2 heterocycles. The predicted molar refractivity (Wildman–Crippen MR) is 124 cm³/mol. The highest BCUT2D eigenvalue weighted by Gasteiger charge is 2.41. The Hall–Kier alpha value is -2.70. The molecule has 0 aromatic heterocycles. The number of methoxy groups -OCH3 is 1. The van der Waals surface area contributed by atoms with Gasteiger partial charge in [0.15, 0.2) is 0 Å². The van der Waals surface area contributed by atoms with Crippen LogP contribution in [0.2, 0.25) is 0 Å². The van der Waals surface area contributed by atoms with Gasteiger partial charge >= 0.3 is 0 Å². The Labute approximate surface area is 190 Å². The molecule has 170 valence electrons. The molecule has 2 aliphatic rings. The van der Waals surface area contributed by atoms with Crippen molar-refractivity contribution in [3.05, 3.63) is 71.3 Å². The Balaban J connectivity index is 1.40. The molecule has 32 heavy (non-hydrogen) atoms. The maximum Gasteiger partial charge on any atom is 0.248 e. The first-order valence-corrected chi connectivity index (χ1v) is 11.5. The van der Waals surface area contributed by atoms with Crippen LogP contribution >= 0.6 is 0 Å². The molecule has 0 aliphatic carbocycles. The van der Waals surface area contributed by atoms with Crippen LogP contribution in [0.4, 0.5) is 0 Å². The second-order valence-electron chi connectivity index (χ2n) is 9.01. The van der Waals surface area contributed by atoms with Crippen LogP contribution in [0.25, 0.3) is 0 Å². The van der Waals surface area contributed by atoms with Crippen molar-refractivity contribution in [3.63, 3.8) is 0 Å². The van der Waals surface area contributed by atoms with Crippen LogP contribution in [-0.2, 0) is 16.1 Å². The van der Waals surface area contributed by atoms with Gasteiger partial charge < -0.3 is 15.4 Å². The van der Waals surface area contributed by atoms with E-state index in [1.54, 1.807) is 13.2 Å². The first-order valence-electron chi connectivity index (χ1n) is 11.5. The van der Waals surface area contributed by atoms with Crippen LogP contribution in [-0.4, -0.2) is 60.5 Å². The molecule has 4 rings (SSSR count).